The SMILES string of the molecule is Cc1ccc(CN)c(=O)n1CCc1ccccn1. The van der Waals surface area contributed by atoms with E-state index in [-0.39, 0.29) is 12.1 Å². The molecule has 0 saturated carbocycles. The van der Waals surface area contributed by atoms with Gasteiger partial charge in [-0.05, 0) is 25.1 Å². The molecule has 0 fully saturated rings. The molecule has 2 aromatic rings. The molecule has 2 N–H and O–H groups in total. The Kier molecular flexibility index (Phi) is 3.89. The molecule has 94 valence electrons. The molecule has 0 atom stereocenters. The summed E-state index contributed by atoms with van der Waals surface area (Å²) in [7, 11) is 0. The standard InChI is InChI=1S/C14H17N3O/c1-11-5-6-12(10-15)14(18)17(11)9-7-13-4-2-3-8-16-13/h2-6,8H,7,9-10,15H2,1H3. The summed E-state index contributed by atoms with van der Waals surface area (Å²) in [6.45, 7) is 2.85. The van der Waals surface area contributed by atoms with Gasteiger partial charge < -0.3 is 10.3 Å². The van der Waals surface area contributed by atoms with Crippen LogP contribution < -0.4 is 11.3 Å². The largest absolute Gasteiger partial charge is 0.326 e. The minimum absolute atomic E-state index is 0.00781. The third-order valence-electron chi connectivity index (χ3n) is 3.01. The van der Waals surface area contributed by atoms with E-state index in [1.54, 1.807) is 16.8 Å². The van der Waals surface area contributed by atoms with E-state index in [4.69, 9.17) is 5.73 Å². The van der Waals surface area contributed by atoms with Gasteiger partial charge in [-0.2, -0.15) is 0 Å². The smallest absolute Gasteiger partial charge is 0.255 e. The molecule has 0 spiro atoms. The highest BCUT2D eigenvalue weighted by molar-refractivity contribution is 5.15. The highest BCUT2D eigenvalue weighted by atomic mass is 16.1. The lowest BCUT2D eigenvalue weighted by atomic mass is 10.2. The highest BCUT2D eigenvalue weighted by Gasteiger charge is 2.05. The fraction of sp³-hybridized carbons (Fsp3) is 0.286. The average molecular weight is 243 g/mol. The monoisotopic (exact) mass is 243 g/mol. The molecule has 0 aliphatic rings. The molecule has 18 heavy (non-hydrogen) atoms. The molecule has 0 aromatic carbocycles. The van der Waals surface area contributed by atoms with Crippen LogP contribution in [0.2, 0.25) is 0 Å². The maximum atomic E-state index is 12.1. The molecule has 0 unspecified atom stereocenters. The van der Waals surface area contributed by atoms with Crippen LogP contribution in [-0.2, 0) is 19.5 Å². The van der Waals surface area contributed by atoms with Crippen molar-refractivity contribution in [3.05, 3.63) is 63.8 Å². The van der Waals surface area contributed by atoms with Crippen molar-refractivity contribution in [3.8, 4) is 0 Å². The average Bonchev–Trinajstić information content (AvgIpc) is 2.40. The second-order valence-electron chi connectivity index (χ2n) is 4.23. The van der Waals surface area contributed by atoms with E-state index in [0.717, 1.165) is 17.8 Å². The van der Waals surface area contributed by atoms with Crippen molar-refractivity contribution in [2.24, 2.45) is 5.73 Å². The van der Waals surface area contributed by atoms with Crippen LogP contribution in [0.5, 0.6) is 0 Å². The number of hydrogen-bond donors (Lipinski definition) is 1. The van der Waals surface area contributed by atoms with Crippen molar-refractivity contribution < 1.29 is 0 Å². The van der Waals surface area contributed by atoms with E-state index in [9.17, 15) is 4.79 Å². The normalized spacial score (nSPS) is 10.6. The van der Waals surface area contributed by atoms with Gasteiger partial charge in [0, 0.05) is 42.7 Å². The van der Waals surface area contributed by atoms with E-state index < -0.39 is 0 Å². The maximum Gasteiger partial charge on any atom is 0.255 e. The van der Waals surface area contributed by atoms with Gasteiger partial charge in [0.1, 0.15) is 0 Å². The van der Waals surface area contributed by atoms with Crippen LogP contribution in [0.15, 0.2) is 41.3 Å². The predicted molar refractivity (Wildman–Crippen MR) is 71.3 cm³/mol. The first-order chi connectivity index (χ1) is 8.72. The molecule has 4 nitrogen and oxygen atoms in total. The highest BCUT2D eigenvalue weighted by Crippen LogP contribution is 2.01. The molecule has 0 aliphatic carbocycles. The Hall–Kier alpha value is -1.94. The van der Waals surface area contributed by atoms with Gasteiger partial charge in [-0.25, -0.2) is 0 Å². The summed E-state index contributed by atoms with van der Waals surface area (Å²) in [5.41, 5.74) is 8.15. The summed E-state index contributed by atoms with van der Waals surface area (Å²) in [5.74, 6) is 0. The summed E-state index contributed by atoms with van der Waals surface area (Å²) in [6.07, 6.45) is 2.51. The Bertz CT molecular complexity index is 575. The molecular formula is C14H17N3O. The summed E-state index contributed by atoms with van der Waals surface area (Å²) >= 11 is 0. The van der Waals surface area contributed by atoms with Crippen LogP contribution in [0, 0.1) is 6.92 Å². The van der Waals surface area contributed by atoms with E-state index in [2.05, 4.69) is 4.98 Å². The van der Waals surface area contributed by atoms with Crippen LogP contribution in [-0.4, -0.2) is 9.55 Å². The molecule has 0 amide bonds. The topological polar surface area (TPSA) is 60.9 Å². The Morgan fingerprint density at radius 3 is 2.78 bits per heavy atom. The molecule has 0 aliphatic heterocycles. The minimum Gasteiger partial charge on any atom is -0.326 e. The van der Waals surface area contributed by atoms with Crippen LogP contribution in [0.1, 0.15) is 17.0 Å². The fourth-order valence-electron chi connectivity index (χ4n) is 1.92. The maximum absolute atomic E-state index is 12.1. The lowest BCUT2D eigenvalue weighted by Gasteiger charge is -2.11. The fourth-order valence-corrected chi connectivity index (χ4v) is 1.92. The van der Waals surface area contributed by atoms with Gasteiger partial charge in [-0.3, -0.25) is 9.78 Å². The summed E-state index contributed by atoms with van der Waals surface area (Å²) in [6, 6.07) is 9.54. The first-order valence-electron chi connectivity index (χ1n) is 6.01. The Labute approximate surface area is 106 Å². The molecule has 2 rings (SSSR count). The van der Waals surface area contributed by atoms with Gasteiger partial charge in [0.15, 0.2) is 0 Å². The molecule has 2 aromatic heterocycles. The number of rotatable bonds is 4. The van der Waals surface area contributed by atoms with Gasteiger partial charge >= 0.3 is 0 Å². The number of hydrogen-bond acceptors (Lipinski definition) is 3. The van der Waals surface area contributed by atoms with Crippen molar-refractivity contribution >= 4 is 0 Å². The van der Waals surface area contributed by atoms with Crippen molar-refractivity contribution in [1.29, 1.82) is 0 Å². The van der Waals surface area contributed by atoms with E-state index in [0.29, 0.717) is 12.1 Å². The van der Waals surface area contributed by atoms with Crippen LogP contribution in [0.4, 0.5) is 0 Å². The van der Waals surface area contributed by atoms with E-state index in [1.165, 1.54) is 0 Å². The van der Waals surface area contributed by atoms with Crippen molar-refractivity contribution in [2.75, 3.05) is 0 Å². The van der Waals surface area contributed by atoms with Crippen molar-refractivity contribution in [3.63, 3.8) is 0 Å². The number of nitrogens with zero attached hydrogens (tertiary/aromatic N) is 2. The lowest BCUT2D eigenvalue weighted by molar-refractivity contribution is 0.634. The number of aryl methyl sites for hydroxylation is 2. The molecule has 0 saturated heterocycles. The zero-order chi connectivity index (χ0) is 13.0. The Morgan fingerprint density at radius 1 is 1.28 bits per heavy atom. The summed E-state index contributed by atoms with van der Waals surface area (Å²) in [5, 5.41) is 0. The van der Waals surface area contributed by atoms with Gasteiger partial charge in [-0.1, -0.05) is 12.1 Å². The minimum atomic E-state index is 0.00781. The van der Waals surface area contributed by atoms with Crippen LogP contribution >= 0.6 is 0 Å². The van der Waals surface area contributed by atoms with Gasteiger partial charge in [-0.15, -0.1) is 0 Å². The zero-order valence-electron chi connectivity index (χ0n) is 10.5. The quantitative estimate of drug-likeness (QED) is 0.879. The molecule has 4 heteroatoms. The van der Waals surface area contributed by atoms with Crippen molar-refractivity contribution in [1.82, 2.24) is 9.55 Å². The van der Waals surface area contributed by atoms with Crippen molar-refractivity contribution in [2.45, 2.75) is 26.4 Å². The first kappa shape index (κ1) is 12.5. The van der Waals surface area contributed by atoms with E-state index >= 15 is 0 Å². The van der Waals surface area contributed by atoms with Crippen LogP contribution in [0.3, 0.4) is 0 Å². The Morgan fingerprint density at radius 2 is 2.11 bits per heavy atom. The third-order valence-corrected chi connectivity index (χ3v) is 3.01. The van der Waals surface area contributed by atoms with Gasteiger partial charge in [0.25, 0.3) is 5.56 Å². The lowest BCUT2D eigenvalue weighted by Crippen LogP contribution is -2.27. The molecule has 0 radical (unpaired) electrons. The summed E-state index contributed by atoms with van der Waals surface area (Å²) in [4.78, 5) is 16.4. The number of pyridine rings is 2. The van der Waals surface area contributed by atoms with E-state index in [1.807, 2.05) is 31.2 Å². The molecule has 2 heterocycles. The predicted octanol–water partition coefficient (Wildman–Crippen LogP) is 1.25. The zero-order valence-corrected chi connectivity index (χ0v) is 10.5. The second-order valence-corrected chi connectivity index (χ2v) is 4.23. The third kappa shape index (κ3) is 2.65. The second kappa shape index (κ2) is 5.60. The number of nitrogens with two attached hydrogens (primary N) is 1. The Balaban J connectivity index is 2.22. The number of aromatic nitrogens is 2. The summed E-state index contributed by atoms with van der Waals surface area (Å²) < 4.78 is 1.76. The molecular weight excluding hydrogens is 226 g/mol. The molecule has 0 bridgehead atoms. The first-order valence-corrected chi connectivity index (χ1v) is 6.01. The van der Waals surface area contributed by atoms with Crippen LogP contribution in [0.25, 0.3) is 0 Å². The van der Waals surface area contributed by atoms with Gasteiger partial charge in [0.2, 0.25) is 0 Å². The van der Waals surface area contributed by atoms with Gasteiger partial charge in [0.05, 0.1) is 0 Å².